The number of nitrogen functional groups attached to an aromatic ring is 1. The van der Waals surface area contributed by atoms with Gasteiger partial charge in [0, 0.05) is 6.54 Å². The predicted octanol–water partition coefficient (Wildman–Crippen LogP) is 2.67. The molecule has 2 aromatic rings. The molecule has 2 rings (SSSR count). The Kier molecular flexibility index (Phi) is 3.22. The van der Waals surface area contributed by atoms with E-state index >= 15 is 0 Å². The molecule has 1 aromatic heterocycles. The molecular weight excluding hydrogens is 214 g/mol. The molecule has 0 saturated heterocycles. The first-order valence-corrected chi connectivity index (χ1v) is 6.01. The highest BCUT2D eigenvalue weighted by Crippen LogP contribution is 2.27. The van der Waals surface area contributed by atoms with Crippen LogP contribution >= 0.6 is 0 Å². The lowest BCUT2D eigenvalue weighted by atomic mass is 10.2. The van der Waals surface area contributed by atoms with Crippen LogP contribution < -0.4 is 10.5 Å². The predicted molar refractivity (Wildman–Crippen MR) is 70.2 cm³/mol. The molecule has 92 valence electrons. The number of fused-ring (bicyclic) bond motifs is 1. The number of rotatable bonds is 4. The lowest BCUT2D eigenvalue weighted by Gasteiger charge is -2.09. The summed E-state index contributed by atoms with van der Waals surface area (Å²) in [5.74, 6) is 1.89. The minimum absolute atomic E-state index is 0.533. The van der Waals surface area contributed by atoms with Gasteiger partial charge >= 0.3 is 0 Å². The number of nitrogens with zero attached hydrogens (tertiary/aromatic N) is 2. The number of para-hydroxylation sites is 1. The summed E-state index contributed by atoms with van der Waals surface area (Å²) >= 11 is 0. The van der Waals surface area contributed by atoms with Crippen molar-refractivity contribution in [2.24, 2.45) is 5.92 Å². The second kappa shape index (κ2) is 4.65. The van der Waals surface area contributed by atoms with Crippen LogP contribution in [0.15, 0.2) is 18.2 Å². The molecule has 0 saturated carbocycles. The summed E-state index contributed by atoms with van der Waals surface area (Å²) in [5.41, 5.74) is 7.86. The van der Waals surface area contributed by atoms with Crippen LogP contribution in [0.3, 0.4) is 0 Å². The number of hydrogen-bond acceptors (Lipinski definition) is 3. The summed E-state index contributed by atoms with van der Waals surface area (Å²) in [6.45, 7) is 7.80. The summed E-state index contributed by atoms with van der Waals surface area (Å²) < 4.78 is 7.61. The van der Waals surface area contributed by atoms with Crippen LogP contribution in [0.4, 0.5) is 5.95 Å². The molecule has 1 aromatic carbocycles. The summed E-state index contributed by atoms with van der Waals surface area (Å²) in [7, 11) is 0. The standard InChI is InChI=1S/C13H19N3O/c1-4-17-11-7-5-6-10-12(11)15-13(14)16(10)8-9(2)3/h5-7,9H,4,8H2,1-3H3,(H2,14,15). The molecule has 0 aliphatic heterocycles. The zero-order chi connectivity index (χ0) is 12.4. The van der Waals surface area contributed by atoms with Gasteiger partial charge in [-0.2, -0.15) is 0 Å². The Hall–Kier alpha value is -1.71. The zero-order valence-electron chi connectivity index (χ0n) is 10.6. The Morgan fingerprint density at radius 3 is 2.82 bits per heavy atom. The molecule has 0 aliphatic carbocycles. The SMILES string of the molecule is CCOc1cccc2c1nc(N)n2CC(C)C. The fraction of sp³-hybridized carbons (Fsp3) is 0.462. The molecule has 0 radical (unpaired) electrons. The van der Waals surface area contributed by atoms with Crippen molar-refractivity contribution in [3.8, 4) is 5.75 Å². The van der Waals surface area contributed by atoms with Crippen LogP contribution in [0.25, 0.3) is 11.0 Å². The third kappa shape index (κ3) is 2.20. The van der Waals surface area contributed by atoms with Crippen LogP contribution in [0.2, 0.25) is 0 Å². The van der Waals surface area contributed by atoms with Gasteiger partial charge in [-0.15, -0.1) is 0 Å². The van der Waals surface area contributed by atoms with Gasteiger partial charge in [-0.05, 0) is 25.0 Å². The van der Waals surface area contributed by atoms with Gasteiger partial charge in [-0.3, -0.25) is 0 Å². The average Bonchev–Trinajstić information content (AvgIpc) is 2.57. The third-order valence-corrected chi connectivity index (χ3v) is 2.62. The molecule has 0 amide bonds. The minimum Gasteiger partial charge on any atom is -0.492 e. The van der Waals surface area contributed by atoms with Crippen LogP contribution in [-0.2, 0) is 6.54 Å². The molecule has 0 spiro atoms. The van der Waals surface area contributed by atoms with E-state index in [1.807, 2.05) is 29.7 Å². The van der Waals surface area contributed by atoms with E-state index in [-0.39, 0.29) is 0 Å². The van der Waals surface area contributed by atoms with Crippen molar-refractivity contribution >= 4 is 17.0 Å². The van der Waals surface area contributed by atoms with Gasteiger partial charge < -0.3 is 15.0 Å². The van der Waals surface area contributed by atoms with E-state index in [2.05, 4.69) is 18.8 Å². The largest absolute Gasteiger partial charge is 0.492 e. The number of hydrogen-bond donors (Lipinski definition) is 1. The van der Waals surface area contributed by atoms with Gasteiger partial charge in [0.2, 0.25) is 5.95 Å². The molecule has 17 heavy (non-hydrogen) atoms. The van der Waals surface area contributed by atoms with Gasteiger partial charge in [0.15, 0.2) is 0 Å². The van der Waals surface area contributed by atoms with Crippen LogP contribution in [0, 0.1) is 5.92 Å². The van der Waals surface area contributed by atoms with Crippen molar-refractivity contribution in [1.29, 1.82) is 0 Å². The number of aromatic nitrogens is 2. The topological polar surface area (TPSA) is 53.1 Å². The maximum atomic E-state index is 5.96. The lowest BCUT2D eigenvalue weighted by molar-refractivity contribution is 0.343. The smallest absolute Gasteiger partial charge is 0.201 e. The maximum Gasteiger partial charge on any atom is 0.201 e. The first-order valence-electron chi connectivity index (χ1n) is 6.01. The Labute approximate surface area is 101 Å². The van der Waals surface area contributed by atoms with Crippen LogP contribution in [0.1, 0.15) is 20.8 Å². The van der Waals surface area contributed by atoms with E-state index in [0.717, 1.165) is 23.3 Å². The Balaban J connectivity index is 2.54. The quantitative estimate of drug-likeness (QED) is 0.883. The van der Waals surface area contributed by atoms with E-state index in [4.69, 9.17) is 10.5 Å². The Morgan fingerprint density at radius 2 is 2.18 bits per heavy atom. The molecule has 0 bridgehead atoms. The molecule has 0 atom stereocenters. The van der Waals surface area contributed by atoms with Crippen molar-refractivity contribution in [3.05, 3.63) is 18.2 Å². The van der Waals surface area contributed by atoms with Crippen molar-refractivity contribution in [1.82, 2.24) is 9.55 Å². The van der Waals surface area contributed by atoms with Crippen LogP contribution in [0.5, 0.6) is 5.75 Å². The highest BCUT2D eigenvalue weighted by molar-refractivity contribution is 5.84. The second-order valence-electron chi connectivity index (χ2n) is 4.53. The first-order chi connectivity index (χ1) is 8.13. The molecule has 0 unspecified atom stereocenters. The van der Waals surface area contributed by atoms with Gasteiger partial charge in [-0.1, -0.05) is 19.9 Å². The molecule has 4 nitrogen and oxygen atoms in total. The van der Waals surface area contributed by atoms with Crippen LogP contribution in [-0.4, -0.2) is 16.2 Å². The van der Waals surface area contributed by atoms with E-state index in [1.54, 1.807) is 0 Å². The Bertz CT molecular complexity index is 517. The zero-order valence-corrected chi connectivity index (χ0v) is 10.6. The number of anilines is 1. The molecule has 0 aliphatic rings. The fourth-order valence-electron chi connectivity index (χ4n) is 1.97. The summed E-state index contributed by atoms with van der Waals surface area (Å²) in [6, 6.07) is 5.94. The monoisotopic (exact) mass is 233 g/mol. The van der Waals surface area contributed by atoms with E-state index in [9.17, 15) is 0 Å². The van der Waals surface area contributed by atoms with E-state index in [1.165, 1.54) is 0 Å². The number of benzene rings is 1. The molecule has 1 heterocycles. The van der Waals surface area contributed by atoms with Gasteiger partial charge in [0.1, 0.15) is 11.3 Å². The first kappa shape index (κ1) is 11.8. The third-order valence-electron chi connectivity index (χ3n) is 2.62. The normalized spacial score (nSPS) is 11.3. The fourth-order valence-corrected chi connectivity index (χ4v) is 1.97. The molecule has 2 N–H and O–H groups in total. The van der Waals surface area contributed by atoms with Gasteiger partial charge in [0.25, 0.3) is 0 Å². The van der Waals surface area contributed by atoms with Crippen molar-refractivity contribution < 1.29 is 4.74 Å². The molecule has 4 heteroatoms. The van der Waals surface area contributed by atoms with Crippen molar-refractivity contribution in [3.63, 3.8) is 0 Å². The summed E-state index contributed by atoms with van der Waals surface area (Å²) in [5, 5.41) is 0. The van der Waals surface area contributed by atoms with Gasteiger partial charge in [0.05, 0.1) is 12.1 Å². The highest BCUT2D eigenvalue weighted by atomic mass is 16.5. The maximum absolute atomic E-state index is 5.96. The van der Waals surface area contributed by atoms with Crippen molar-refractivity contribution in [2.75, 3.05) is 12.3 Å². The summed E-state index contributed by atoms with van der Waals surface area (Å²) in [4.78, 5) is 4.40. The number of imidazole rings is 1. The van der Waals surface area contributed by atoms with Gasteiger partial charge in [-0.25, -0.2) is 4.98 Å². The second-order valence-corrected chi connectivity index (χ2v) is 4.53. The highest BCUT2D eigenvalue weighted by Gasteiger charge is 2.12. The minimum atomic E-state index is 0.533. The average molecular weight is 233 g/mol. The van der Waals surface area contributed by atoms with E-state index < -0.39 is 0 Å². The summed E-state index contributed by atoms with van der Waals surface area (Å²) in [6.07, 6.45) is 0. The van der Waals surface area contributed by atoms with E-state index in [0.29, 0.717) is 18.5 Å². The Morgan fingerprint density at radius 1 is 1.41 bits per heavy atom. The lowest BCUT2D eigenvalue weighted by Crippen LogP contribution is -2.07. The number of ether oxygens (including phenoxy) is 1. The van der Waals surface area contributed by atoms with Crippen molar-refractivity contribution in [2.45, 2.75) is 27.3 Å². The number of nitrogens with two attached hydrogens (primary N) is 1. The molecule has 0 fully saturated rings. The molecular formula is C13H19N3O.